The Morgan fingerprint density at radius 2 is 1.89 bits per heavy atom. The molecule has 0 bridgehead atoms. The first-order valence-corrected chi connectivity index (χ1v) is 3.07. The Hall–Kier alpha value is 0.350. The van der Waals surface area contributed by atoms with Gasteiger partial charge in [0.25, 0.3) is 0 Å². The summed E-state index contributed by atoms with van der Waals surface area (Å²) >= 11 is 0. The topological polar surface area (TPSA) is 18.5 Å². The Labute approximate surface area is 60.5 Å². The quantitative estimate of drug-likeness (QED) is 0.259. The molecular weight excluding hydrogens is 135 g/mol. The number of unbranched alkanes of at least 4 members (excludes halogenated alkanes) is 2. The third-order valence-electron chi connectivity index (χ3n) is 0.949. The molecule has 0 radical (unpaired) electrons. The van der Waals surface area contributed by atoms with Crippen molar-refractivity contribution >= 4 is 9.90 Å². The van der Waals surface area contributed by atoms with E-state index in [9.17, 15) is 0 Å². The average Bonchev–Trinajstić information content (AvgIpc) is 1.81. The average molecular weight is 152 g/mol. The highest BCUT2D eigenvalue weighted by Gasteiger charge is 1.83. The zero-order valence-corrected chi connectivity index (χ0v) is 7.77. The standard InChI is InChI=1S/C6H14O2.H3P/c1-3-4-5-6-8-7-2;/h3-6H2,1-2H3;1H3. The van der Waals surface area contributed by atoms with Crippen LogP contribution in [0.2, 0.25) is 0 Å². The van der Waals surface area contributed by atoms with Crippen LogP contribution in [0.1, 0.15) is 26.2 Å². The van der Waals surface area contributed by atoms with Crippen LogP contribution in [-0.2, 0) is 9.78 Å². The lowest BCUT2D eigenvalue weighted by Gasteiger charge is -1.95. The summed E-state index contributed by atoms with van der Waals surface area (Å²) in [7, 11) is 1.53. The van der Waals surface area contributed by atoms with Crippen molar-refractivity contribution in [2.75, 3.05) is 13.7 Å². The summed E-state index contributed by atoms with van der Waals surface area (Å²) in [4.78, 5) is 9.02. The van der Waals surface area contributed by atoms with Crippen LogP contribution in [0.5, 0.6) is 0 Å². The van der Waals surface area contributed by atoms with Crippen LogP contribution in [0.15, 0.2) is 0 Å². The first kappa shape index (κ1) is 12.1. The Morgan fingerprint density at radius 1 is 1.22 bits per heavy atom. The van der Waals surface area contributed by atoms with Gasteiger partial charge in [0.05, 0.1) is 13.7 Å². The summed E-state index contributed by atoms with van der Waals surface area (Å²) in [6, 6.07) is 0. The van der Waals surface area contributed by atoms with E-state index in [1.807, 2.05) is 0 Å². The molecule has 0 saturated carbocycles. The van der Waals surface area contributed by atoms with Crippen molar-refractivity contribution in [3.63, 3.8) is 0 Å². The molecule has 58 valence electrons. The second-order valence-corrected chi connectivity index (χ2v) is 1.70. The monoisotopic (exact) mass is 152 g/mol. The van der Waals surface area contributed by atoms with Crippen molar-refractivity contribution in [1.82, 2.24) is 0 Å². The second-order valence-electron chi connectivity index (χ2n) is 1.70. The molecule has 0 saturated heterocycles. The van der Waals surface area contributed by atoms with E-state index in [1.54, 1.807) is 0 Å². The maximum Gasteiger partial charge on any atom is 0.0822 e. The molecular formula is C6H17O2P. The Balaban J connectivity index is 0. The van der Waals surface area contributed by atoms with Gasteiger partial charge in [-0.2, -0.15) is 9.90 Å². The molecule has 0 N–H and O–H groups in total. The van der Waals surface area contributed by atoms with Crippen molar-refractivity contribution in [1.29, 1.82) is 0 Å². The van der Waals surface area contributed by atoms with Gasteiger partial charge in [0.1, 0.15) is 0 Å². The van der Waals surface area contributed by atoms with Gasteiger partial charge in [0.15, 0.2) is 0 Å². The molecule has 3 heteroatoms. The smallest absolute Gasteiger partial charge is 0.0822 e. The Bertz CT molecular complexity index is 36.0. The highest BCUT2D eigenvalue weighted by molar-refractivity contribution is 6.92. The fourth-order valence-corrected chi connectivity index (χ4v) is 0.494. The molecule has 1 unspecified atom stereocenters. The van der Waals surface area contributed by atoms with E-state index in [2.05, 4.69) is 16.7 Å². The van der Waals surface area contributed by atoms with E-state index in [0.717, 1.165) is 13.0 Å². The maximum absolute atomic E-state index is 4.64. The van der Waals surface area contributed by atoms with Crippen molar-refractivity contribution in [2.45, 2.75) is 26.2 Å². The maximum atomic E-state index is 4.64. The van der Waals surface area contributed by atoms with Crippen molar-refractivity contribution in [3.05, 3.63) is 0 Å². The largest absolute Gasteiger partial charge is 0.240 e. The SMILES string of the molecule is CCCCCOOC.P. The summed E-state index contributed by atoms with van der Waals surface area (Å²) in [5, 5.41) is 0. The third kappa shape index (κ3) is 11.8. The zero-order valence-electron chi connectivity index (χ0n) is 6.35. The minimum absolute atomic E-state index is 0. The van der Waals surface area contributed by atoms with E-state index in [1.165, 1.54) is 20.0 Å². The molecule has 0 aliphatic heterocycles. The van der Waals surface area contributed by atoms with Crippen LogP contribution in [0.4, 0.5) is 0 Å². The molecule has 9 heavy (non-hydrogen) atoms. The van der Waals surface area contributed by atoms with Gasteiger partial charge in [0.2, 0.25) is 0 Å². The Morgan fingerprint density at radius 3 is 2.33 bits per heavy atom. The van der Waals surface area contributed by atoms with Gasteiger partial charge in [-0.3, -0.25) is 0 Å². The highest BCUT2D eigenvalue weighted by Crippen LogP contribution is 1.92. The minimum atomic E-state index is 0. The van der Waals surface area contributed by atoms with E-state index in [-0.39, 0.29) is 9.90 Å². The molecule has 2 nitrogen and oxygen atoms in total. The van der Waals surface area contributed by atoms with Gasteiger partial charge in [-0.05, 0) is 6.42 Å². The summed E-state index contributed by atoms with van der Waals surface area (Å²) in [5.41, 5.74) is 0. The zero-order chi connectivity index (χ0) is 6.24. The van der Waals surface area contributed by atoms with Crippen LogP contribution in [-0.4, -0.2) is 13.7 Å². The normalized spacial score (nSPS) is 8.67. The number of rotatable bonds is 5. The molecule has 0 aromatic rings. The molecule has 0 aliphatic carbocycles. The van der Waals surface area contributed by atoms with E-state index in [0.29, 0.717) is 0 Å². The molecule has 0 heterocycles. The molecule has 0 aromatic heterocycles. The summed E-state index contributed by atoms with van der Waals surface area (Å²) in [5.74, 6) is 0. The van der Waals surface area contributed by atoms with Gasteiger partial charge >= 0.3 is 0 Å². The molecule has 0 amide bonds. The van der Waals surface area contributed by atoms with Gasteiger partial charge in [-0.15, -0.1) is 0 Å². The molecule has 0 fully saturated rings. The van der Waals surface area contributed by atoms with Crippen LogP contribution < -0.4 is 0 Å². The summed E-state index contributed by atoms with van der Waals surface area (Å²) < 4.78 is 0. The van der Waals surface area contributed by atoms with Gasteiger partial charge < -0.3 is 0 Å². The van der Waals surface area contributed by atoms with E-state index in [4.69, 9.17) is 0 Å². The first-order valence-electron chi connectivity index (χ1n) is 3.07. The minimum Gasteiger partial charge on any atom is -0.240 e. The second kappa shape index (κ2) is 11.2. The van der Waals surface area contributed by atoms with Crippen LogP contribution in [0.25, 0.3) is 0 Å². The predicted molar refractivity (Wildman–Crippen MR) is 43.6 cm³/mol. The Kier molecular flexibility index (Phi) is 15.0. The number of hydrogen-bond donors (Lipinski definition) is 0. The van der Waals surface area contributed by atoms with Crippen LogP contribution in [0, 0.1) is 0 Å². The third-order valence-corrected chi connectivity index (χ3v) is 0.949. The first-order chi connectivity index (χ1) is 3.91. The fraction of sp³-hybridized carbons (Fsp3) is 1.00. The van der Waals surface area contributed by atoms with Gasteiger partial charge in [-0.1, -0.05) is 19.8 Å². The predicted octanol–water partition coefficient (Wildman–Crippen LogP) is 1.81. The van der Waals surface area contributed by atoms with Gasteiger partial charge in [-0.25, -0.2) is 9.78 Å². The number of hydrogen-bond acceptors (Lipinski definition) is 2. The molecule has 1 atom stereocenters. The molecule has 0 rings (SSSR count). The van der Waals surface area contributed by atoms with E-state index < -0.39 is 0 Å². The molecule has 0 spiro atoms. The molecule has 0 aliphatic rings. The van der Waals surface area contributed by atoms with Crippen molar-refractivity contribution in [2.24, 2.45) is 0 Å². The van der Waals surface area contributed by atoms with E-state index >= 15 is 0 Å². The van der Waals surface area contributed by atoms with Crippen molar-refractivity contribution in [3.8, 4) is 0 Å². The van der Waals surface area contributed by atoms with Gasteiger partial charge in [0, 0.05) is 0 Å². The van der Waals surface area contributed by atoms with Crippen LogP contribution in [0.3, 0.4) is 0 Å². The van der Waals surface area contributed by atoms with Crippen molar-refractivity contribution < 1.29 is 9.78 Å². The lowest BCUT2D eigenvalue weighted by atomic mass is 10.3. The molecule has 0 aromatic carbocycles. The fourth-order valence-electron chi connectivity index (χ4n) is 0.494. The summed E-state index contributed by atoms with van der Waals surface area (Å²) in [6.07, 6.45) is 3.56. The lowest BCUT2D eigenvalue weighted by molar-refractivity contribution is -0.272. The highest BCUT2D eigenvalue weighted by atomic mass is 31.0. The van der Waals surface area contributed by atoms with Crippen LogP contribution >= 0.6 is 9.90 Å². The summed E-state index contributed by atoms with van der Waals surface area (Å²) in [6.45, 7) is 2.89. The lowest BCUT2D eigenvalue weighted by Crippen LogP contribution is -1.91.